The first-order chi connectivity index (χ1) is 9.59. The Morgan fingerprint density at radius 3 is 2.40 bits per heavy atom. The highest BCUT2D eigenvalue weighted by Gasteiger charge is 2.51. The molecule has 0 saturated carbocycles. The van der Waals surface area contributed by atoms with Crippen LogP contribution in [-0.4, -0.2) is 66.8 Å². The van der Waals surface area contributed by atoms with Gasteiger partial charge in [-0.1, -0.05) is 30.0 Å². The minimum Gasteiger partial charge on any atom is -0.388 e. The summed E-state index contributed by atoms with van der Waals surface area (Å²) < 4.78 is 0. The predicted octanol–water partition coefficient (Wildman–Crippen LogP) is -0.494. The number of nitrogens with zero attached hydrogens (tertiary/aromatic N) is 2. The molecule has 0 amide bonds. The molecule has 2 fully saturated rings. The van der Waals surface area contributed by atoms with Crippen molar-refractivity contribution >= 4 is 22.6 Å². The molecular formula is C13H16N2O4S. The highest BCUT2D eigenvalue weighted by Crippen LogP contribution is 2.35. The van der Waals surface area contributed by atoms with Crippen molar-refractivity contribution in [3.63, 3.8) is 0 Å². The molecule has 20 heavy (non-hydrogen) atoms. The number of thioether (sulfide) groups is 1. The lowest BCUT2D eigenvalue weighted by molar-refractivity contribution is -0.190. The Balaban J connectivity index is 1.91. The summed E-state index contributed by atoms with van der Waals surface area (Å²) in [5, 5.41) is 40.1. The molecule has 0 aromatic heterocycles. The van der Waals surface area contributed by atoms with Gasteiger partial charge < -0.3 is 25.3 Å². The molecule has 0 spiro atoms. The molecule has 6 nitrogen and oxygen atoms in total. The predicted molar refractivity (Wildman–Crippen MR) is 75.6 cm³/mol. The number of aliphatic hydroxyl groups excluding tert-OH is 4. The van der Waals surface area contributed by atoms with Crippen molar-refractivity contribution < 1.29 is 20.4 Å². The van der Waals surface area contributed by atoms with E-state index in [-0.39, 0.29) is 0 Å². The van der Waals surface area contributed by atoms with Gasteiger partial charge in [-0.2, -0.15) is 0 Å². The first-order valence-corrected chi connectivity index (χ1v) is 7.35. The first-order valence-electron chi connectivity index (χ1n) is 6.37. The monoisotopic (exact) mass is 296 g/mol. The second kappa shape index (κ2) is 5.34. The quantitative estimate of drug-likeness (QED) is 0.558. The molecule has 0 aliphatic carbocycles. The van der Waals surface area contributed by atoms with Gasteiger partial charge in [-0.3, -0.25) is 0 Å². The van der Waals surface area contributed by atoms with Gasteiger partial charge in [0.25, 0.3) is 0 Å². The Labute approximate surface area is 120 Å². The number of rotatable bonds is 1. The average Bonchev–Trinajstić information content (AvgIpc) is 2.88. The van der Waals surface area contributed by atoms with E-state index >= 15 is 0 Å². The van der Waals surface area contributed by atoms with Gasteiger partial charge in [0.2, 0.25) is 0 Å². The minimum absolute atomic E-state index is 0.448. The standard InChI is InChI=1S/C13H16N2O4S/c16-9-8-6-20-13(14-7-4-2-1-3-5-7)15(8)12(19)11(18)10(9)17/h1-5,8-12,16-19H,6H2/b14-13+/t8-,9-,10+,11-,12-/m1/s1. The number of hydrogen-bond donors (Lipinski definition) is 4. The first kappa shape index (κ1) is 13.8. The molecule has 2 heterocycles. The molecule has 2 aliphatic rings. The van der Waals surface area contributed by atoms with E-state index in [1.165, 1.54) is 16.7 Å². The van der Waals surface area contributed by atoms with Gasteiger partial charge in [0.15, 0.2) is 11.4 Å². The largest absolute Gasteiger partial charge is 0.388 e. The average molecular weight is 296 g/mol. The maximum atomic E-state index is 10.1. The minimum atomic E-state index is -1.42. The Kier molecular flexibility index (Phi) is 3.70. The molecule has 5 atom stereocenters. The molecule has 108 valence electrons. The zero-order valence-electron chi connectivity index (χ0n) is 10.6. The van der Waals surface area contributed by atoms with Crippen molar-refractivity contribution in [2.24, 2.45) is 4.99 Å². The van der Waals surface area contributed by atoms with Gasteiger partial charge >= 0.3 is 0 Å². The SMILES string of the molecule is O[C@@H]1[C@@H](O)[C@@H](O)N2/C(=N\c3ccccc3)SC[C@@H]2[C@H]1O. The fourth-order valence-electron chi connectivity index (χ4n) is 2.50. The van der Waals surface area contributed by atoms with E-state index in [2.05, 4.69) is 4.99 Å². The number of aliphatic hydroxyl groups is 4. The number of aliphatic imine (C=N–C) groups is 1. The Hall–Kier alpha value is -1.12. The third-order valence-electron chi connectivity index (χ3n) is 3.63. The highest BCUT2D eigenvalue weighted by atomic mass is 32.2. The van der Waals surface area contributed by atoms with Crippen LogP contribution in [0.5, 0.6) is 0 Å². The van der Waals surface area contributed by atoms with E-state index in [1.54, 1.807) is 0 Å². The maximum absolute atomic E-state index is 10.1. The molecule has 2 saturated heterocycles. The van der Waals surface area contributed by atoms with Crippen molar-refractivity contribution in [3.05, 3.63) is 30.3 Å². The lowest BCUT2D eigenvalue weighted by atomic mass is 9.94. The van der Waals surface area contributed by atoms with Gasteiger partial charge in [-0.05, 0) is 12.1 Å². The molecular weight excluding hydrogens is 280 g/mol. The number of piperidine rings is 1. The summed E-state index contributed by atoms with van der Waals surface area (Å²) in [7, 11) is 0. The maximum Gasteiger partial charge on any atom is 0.166 e. The van der Waals surface area contributed by atoms with Gasteiger partial charge in [0, 0.05) is 5.75 Å². The molecule has 1 aromatic rings. The lowest BCUT2D eigenvalue weighted by Gasteiger charge is -2.43. The van der Waals surface area contributed by atoms with Crippen molar-refractivity contribution in [3.8, 4) is 0 Å². The number of hydrogen-bond acceptors (Lipinski definition) is 6. The van der Waals surface area contributed by atoms with Crippen LogP contribution in [0.1, 0.15) is 0 Å². The summed E-state index contributed by atoms with van der Waals surface area (Å²) in [6.07, 6.45) is -5.14. The van der Waals surface area contributed by atoms with Crippen molar-refractivity contribution in [2.45, 2.75) is 30.6 Å². The van der Waals surface area contributed by atoms with Gasteiger partial charge in [-0.25, -0.2) is 4.99 Å². The van der Waals surface area contributed by atoms with Crippen LogP contribution in [0.15, 0.2) is 35.3 Å². The molecule has 4 N–H and O–H groups in total. The molecule has 3 rings (SSSR count). The van der Waals surface area contributed by atoms with E-state index in [0.717, 1.165) is 5.69 Å². The Morgan fingerprint density at radius 1 is 1.00 bits per heavy atom. The van der Waals surface area contributed by atoms with E-state index in [1.807, 2.05) is 30.3 Å². The summed E-state index contributed by atoms with van der Waals surface area (Å²) >= 11 is 1.39. The highest BCUT2D eigenvalue weighted by molar-refractivity contribution is 8.14. The van der Waals surface area contributed by atoms with Crippen LogP contribution in [0.2, 0.25) is 0 Å². The Morgan fingerprint density at radius 2 is 1.70 bits per heavy atom. The number of amidine groups is 1. The smallest absolute Gasteiger partial charge is 0.166 e. The molecule has 0 radical (unpaired) electrons. The third kappa shape index (κ3) is 2.21. The van der Waals surface area contributed by atoms with E-state index in [4.69, 9.17) is 0 Å². The summed E-state index contributed by atoms with van der Waals surface area (Å²) in [4.78, 5) is 5.91. The van der Waals surface area contributed by atoms with Crippen LogP contribution in [0, 0.1) is 0 Å². The fourth-order valence-corrected chi connectivity index (χ4v) is 3.74. The normalized spacial score (nSPS) is 39.1. The van der Waals surface area contributed by atoms with Crippen LogP contribution in [-0.2, 0) is 0 Å². The molecule has 2 aliphatic heterocycles. The summed E-state index contributed by atoms with van der Waals surface area (Å²) in [5.74, 6) is 0.508. The van der Waals surface area contributed by atoms with Crippen LogP contribution >= 0.6 is 11.8 Å². The molecule has 0 bridgehead atoms. The molecule has 0 unspecified atom stereocenters. The lowest BCUT2D eigenvalue weighted by Crippen LogP contribution is -2.65. The summed E-state index contributed by atoms with van der Waals surface area (Å²) in [6, 6.07) is 8.81. The van der Waals surface area contributed by atoms with Crippen LogP contribution in [0.4, 0.5) is 5.69 Å². The van der Waals surface area contributed by atoms with Crippen LogP contribution in [0.25, 0.3) is 0 Å². The second-order valence-electron chi connectivity index (χ2n) is 4.90. The zero-order valence-corrected chi connectivity index (χ0v) is 11.4. The Bertz CT molecular complexity index is 512. The summed E-state index contributed by atoms with van der Waals surface area (Å²) in [6.45, 7) is 0. The van der Waals surface area contributed by atoms with Crippen molar-refractivity contribution in [1.29, 1.82) is 0 Å². The second-order valence-corrected chi connectivity index (χ2v) is 5.89. The number of fused-ring (bicyclic) bond motifs is 1. The third-order valence-corrected chi connectivity index (χ3v) is 4.70. The number of para-hydroxylation sites is 1. The zero-order chi connectivity index (χ0) is 14.3. The fraction of sp³-hybridized carbons (Fsp3) is 0.462. The van der Waals surface area contributed by atoms with E-state index in [0.29, 0.717) is 10.9 Å². The topological polar surface area (TPSA) is 96.5 Å². The molecule has 7 heteroatoms. The van der Waals surface area contributed by atoms with E-state index in [9.17, 15) is 20.4 Å². The van der Waals surface area contributed by atoms with Gasteiger partial charge in [0.1, 0.15) is 18.3 Å². The number of benzene rings is 1. The van der Waals surface area contributed by atoms with Crippen molar-refractivity contribution in [2.75, 3.05) is 5.75 Å². The summed E-state index contributed by atoms with van der Waals surface area (Å²) in [5.41, 5.74) is 0.734. The van der Waals surface area contributed by atoms with Crippen LogP contribution in [0.3, 0.4) is 0 Å². The van der Waals surface area contributed by atoms with Crippen molar-refractivity contribution in [1.82, 2.24) is 4.90 Å². The van der Waals surface area contributed by atoms with E-state index < -0.39 is 30.6 Å². The van der Waals surface area contributed by atoms with Gasteiger partial charge in [0.05, 0.1) is 11.7 Å². The molecule has 1 aromatic carbocycles. The van der Waals surface area contributed by atoms with Gasteiger partial charge in [-0.15, -0.1) is 0 Å². The van der Waals surface area contributed by atoms with Crippen LogP contribution < -0.4 is 0 Å².